The number of allylic oxidation sites excluding steroid dienone is 1. The van der Waals surface area contributed by atoms with Gasteiger partial charge < -0.3 is 15.5 Å². The van der Waals surface area contributed by atoms with E-state index in [9.17, 15) is 9.59 Å². The van der Waals surface area contributed by atoms with Gasteiger partial charge in [-0.05, 0) is 25.1 Å². The lowest BCUT2D eigenvalue weighted by Gasteiger charge is -2.08. The fourth-order valence-electron chi connectivity index (χ4n) is 2.91. The van der Waals surface area contributed by atoms with E-state index in [0.717, 1.165) is 15.4 Å². The van der Waals surface area contributed by atoms with Gasteiger partial charge in [0, 0.05) is 16.9 Å². The Balaban J connectivity index is 2.31. The van der Waals surface area contributed by atoms with Gasteiger partial charge in [-0.1, -0.05) is 15.9 Å². The number of fused-ring (bicyclic) bond motifs is 3. The van der Waals surface area contributed by atoms with Gasteiger partial charge in [0.25, 0.3) is 0 Å². The Morgan fingerprint density at radius 2 is 2.19 bits per heavy atom. The molecule has 0 aliphatic carbocycles. The summed E-state index contributed by atoms with van der Waals surface area (Å²) in [5.41, 5.74) is 2.37. The first kappa shape index (κ1) is 19.0. The molecule has 0 unspecified atom stereocenters. The van der Waals surface area contributed by atoms with Crippen molar-refractivity contribution in [2.45, 2.75) is 6.92 Å². The molecule has 0 fully saturated rings. The molecule has 8 nitrogen and oxygen atoms in total. The van der Waals surface area contributed by atoms with E-state index in [4.69, 9.17) is 5.41 Å². The highest BCUT2D eigenvalue weighted by atomic mass is 79.9. The Kier molecular flexibility index (Phi) is 5.24. The molecule has 0 atom stereocenters. The number of nitrogens with two attached hydrogens (primary N) is 1. The largest absolute Gasteiger partial charge is 0.465 e. The number of nitrogens with zero attached hydrogens (tertiary/aromatic N) is 3. The van der Waals surface area contributed by atoms with Crippen molar-refractivity contribution in [2.75, 3.05) is 13.7 Å². The topological polar surface area (TPSA) is 107 Å². The smallest absolute Gasteiger partial charge is 0.361 e. The van der Waals surface area contributed by atoms with Crippen LogP contribution in [0.15, 0.2) is 39.9 Å². The molecule has 0 saturated carbocycles. The first-order valence-corrected chi connectivity index (χ1v) is 8.96. The molecule has 0 aliphatic heterocycles. The lowest BCUT2D eigenvalue weighted by molar-refractivity contribution is -0.576. The van der Waals surface area contributed by atoms with Crippen LogP contribution in [0.2, 0.25) is 0 Å². The number of halogens is 1. The molecule has 1 aromatic carbocycles. The molecule has 3 aromatic rings. The van der Waals surface area contributed by atoms with E-state index in [1.807, 2.05) is 18.2 Å². The van der Waals surface area contributed by atoms with E-state index in [-0.39, 0.29) is 17.9 Å². The SMILES string of the molecule is COC(=O)C[NH2+]C=C(C(C)=N)n1c(=O)n(C)c2cnc3ccc(Br)cc3c21. The highest BCUT2D eigenvalue weighted by Crippen LogP contribution is 2.27. The highest BCUT2D eigenvalue weighted by molar-refractivity contribution is 9.10. The third kappa shape index (κ3) is 3.43. The standard InChI is InChI=1S/C18H18BrN5O3/c1-10(20)14(7-21-9-16(25)27-3)24-17-12-6-11(19)4-5-13(12)22-8-15(17)23(2)18(24)26/h4-8,20-21H,9H2,1-3H3/p+1. The molecule has 3 N–H and O–H groups in total. The van der Waals surface area contributed by atoms with Crippen molar-refractivity contribution in [2.24, 2.45) is 7.05 Å². The van der Waals surface area contributed by atoms with E-state index in [0.29, 0.717) is 16.7 Å². The number of hydrogen-bond donors (Lipinski definition) is 2. The normalized spacial score (nSPS) is 11.9. The van der Waals surface area contributed by atoms with Crippen molar-refractivity contribution in [3.63, 3.8) is 0 Å². The monoisotopic (exact) mass is 432 g/mol. The van der Waals surface area contributed by atoms with Gasteiger partial charge in [0.1, 0.15) is 11.9 Å². The van der Waals surface area contributed by atoms with Crippen LogP contribution >= 0.6 is 15.9 Å². The molecule has 2 aromatic heterocycles. The number of pyridine rings is 1. The number of carbonyl (C=O) groups excluding carboxylic acids is 1. The third-order valence-electron chi connectivity index (χ3n) is 4.26. The number of nitrogens with one attached hydrogen (secondary N) is 1. The average molecular weight is 433 g/mol. The first-order chi connectivity index (χ1) is 12.8. The van der Waals surface area contributed by atoms with Crippen LogP contribution in [0, 0.1) is 5.41 Å². The molecule has 0 radical (unpaired) electrons. The number of quaternary nitrogens is 1. The van der Waals surface area contributed by atoms with Crippen molar-refractivity contribution in [1.82, 2.24) is 14.1 Å². The van der Waals surface area contributed by atoms with Crippen molar-refractivity contribution in [3.05, 3.63) is 45.6 Å². The summed E-state index contributed by atoms with van der Waals surface area (Å²) >= 11 is 3.46. The summed E-state index contributed by atoms with van der Waals surface area (Å²) in [6.07, 6.45) is 3.25. The molecule has 2 heterocycles. The van der Waals surface area contributed by atoms with Gasteiger partial charge in [0.15, 0.2) is 6.54 Å². The minimum atomic E-state index is -0.392. The van der Waals surface area contributed by atoms with Crippen molar-refractivity contribution in [3.8, 4) is 0 Å². The summed E-state index contributed by atoms with van der Waals surface area (Å²) in [6, 6.07) is 5.65. The number of imidazole rings is 1. The molecule has 0 amide bonds. The van der Waals surface area contributed by atoms with E-state index < -0.39 is 5.97 Å². The lowest BCUT2D eigenvalue weighted by atomic mass is 10.2. The fourth-order valence-corrected chi connectivity index (χ4v) is 3.27. The van der Waals surface area contributed by atoms with Crippen LogP contribution in [0.5, 0.6) is 0 Å². The van der Waals surface area contributed by atoms with Crippen LogP contribution in [-0.4, -0.2) is 39.5 Å². The molecular formula is C18H19BrN5O3+. The van der Waals surface area contributed by atoms with E-state index in [2.05, 4.69) is 25.7 Å². The van der Waals surface area contributed by atoms with Crippen LogP contribution < -0.4 is 11.0 Å². The van der Waals surface area contributed by atoms with Gasteiger partial charge in [-0.2, -0.15) is 0 Å². The number of aryl methyl sites for hydroxylation is 1. The number of esters is 1. The lowest BCUT2D eigenvalue weighted by Crippen LogP contribution is -2.80. The third-order valence-corrected chi connectivity index (χ3v) is 4.75. The first-order valence-electron chi connectivity index (χ1n) is 8.17. The van der Waals surface area contributed by atoms with E-state index in [1.165, 1.54) is 16.2 Å². The fraction of sp³-hybridized carbons (Fsp3) is 0.222. The molecule has 0 spiro atoms. The van der Waals surface area contributed by atoms with Crippen molar-refractivity contribution >= 4 is 55.2 Å². The molecule has 0 saturated heterocycles. The number of benzene rings is 1. The van der Waals surface area contributed by atoms with E-state index >= 15 is 0 Å². The van der Waals surface area contributed by atoms with Gasteiger partial charge in [0.05, 0.1) is 35.6 Å². The number of ether oxygens (including phenoxy) is 1. The molecule has 140 valence electrons. The molecule has 3 rings (SSSR count). The van der Waals surface area contributed by atoms with Gasteiger partial charge in [-0.3, -0.25) is 14.1 Å². The Hall–Kier alpha value is -2.78. The molecular weight excluding hydrogens is 414 g/mol. The molecule has 0 aliphatic rings. The second-order valence-corrected chi connectivity index (χ2v) is 6.94. The highest BCUT2D eigenvalue weighted by Gasteiger charge is 2.20. The second kappa shape index (κ2) is 7.45. The van der Waals surface area contributed by atoms with Crippen molar-refractivity contribution < 1.29 is 14.8 Å². The zero-order chi connectivity index (χ0) is 19.7. The second-order valence-electron chi connectivity index (χ2n) is 6.02. The Morgan fingerprint density at radius 3 is 2.85 bits per heavy atom. The zero-order valence-electron chi connectivity index (χ0n) is 15.1. The maximum absolute atomic E-state index is 13.0. The summed E-state index contributed by atoms with van der Waals surface area (Å²) in [5, 5.41) is 10.5. The van der Waals surface area contributed by atoms with Crippen molar-refractivity contribution in [1.29, 1.82) is 5.41 Å². The number of hydrogen-bond acceptors (Lipinski definition) is 5. The minimum absolute atomic E-state index is 0.0562. The Labute approximate surface area is 163 Å². The predicted molar refractivity (Wildman–Crippen MR) is 107 cm³/mol. The van der Waals surface area contributed by atoms with Gasteiger partial charge >= 0.3 is 11.7 Å². The quantitative estimate of drug-likeness (QED) is 0.466. The summed E-state index contributed by atoms with van der Waals surface area (Å²) in [4.78, 5) is 28.8. The van der Waals surface area contributed by atoms with Crippen LogP contribution in [0.3, 0.4) is 0 Å². The maximum Gasteiger partial charge on any atom is 0.361 e. The number of methoxy groups -OCH3 is 1. The zero-order valence-corrected chi connectivity index (χ0v) is 16.7. The Bertz CT molecular complexity index is 1160. The minimum Gasteiger partial charge on any atom is -0.465 e. The summed E-state index contributed by atoms with van der Waals surface area (Å²) in [6.45, 7) is 1.66. The summed E-state index contributed by atoms with van der Waals surface area (Å²) in [5.74, 6) is -0.392. The molecule has 0 bridgehead atoms. The maximum atomic E-state index is 13.0. The van der Waals surface area contributed by atoms with Crippen LogP contribution in [0.4, 0.5) is 0 Å². The number of rotatable bonds is 5. The Morgan fingerprint density at radius 1 is 1.44 bits per heavy atom. The molecule has 9 heteroatoms. The molecule has 27 heavy (non-hydrogen) atoms. The summed E-state index contributed by atoms with van der Waals surface area (Å²) < 4.78 is 8.48. The van der Waals surface area contributed by atoms with Crippen LogP contribution in [-0.2, 0) is 16.6 Å². The van der Waals surface area contributed by atoms with E-state index in [1.54, 1.807) is 31.7 Å². The average Bonchev–Trinajstić information content (AvgIpc) is 2.89. The van der Waals surface area contributed by atoms with Gasteiger partial charge in [-0.25, -0.2) is 9.59 Å². The van der Waals surface area contributed by atoms with Gasteiger partial charge in [-0.15, -0.1) is 0 Å². The van der Waals surface area contributed by atoms with Crippen LogP contribution in [0.1, 0.15) is 6.92 Å². The van der Waals surface area contributed by atoms with Crippen LogP contribution in [0.25, 0.3) is 27.6 Å². The van der Waals surface area contributed by atoms with Gasteiger partial charge in [0.2, 0.25) is 0 Å². The number of aromatic nitrogens is 3. The predicted octanol–water partition coefficient (Wildman–Crippen LogP) is 1.23. The summed E-state index contributed by atoms with van der Waals surface area (Å²) in [7, 11) is 2.98. The number of carbonyl (C=O) groups is 1.